The lowest BCUT2D eigenvalue weighted by molar-refractivity contribution is 0.953. The van der Waals surface area contributed by atoms with Crippen LogP contribution in [0.2, 0.25) is 0 Å². The van der Waals surface area contributed by atoms with Crippen molar-refractivity contribution in [3.8, 4) is 62.1 Å². The van der Waals surface area contributed by atoms with E-state index in [2.05, 4.69) is 234 Å². The maximum Gasteiger partial charge on any atom is 0.238 e. The van der Waals surface area contributed by atoms with E-state index in [4.69, 9.17) is 15.0 Å². The van der Waals surface area contributed by atoms with E-state index in [1.165, 1.54) is 43.8 Å². The molecule has 0 aliphatic carbocycles. The zero-order valence-corrected chi connectivity index (χ0v) is 38.1. The Morgan fingerprint density at radius 3 is 1.44 bits per heavy atom. The van der Waals surface area contributed by atoms with E-state index in [-0.39, 0.29) is 0 Å². The Kier molecular flexibility index (Phi) is 10.1. The fraction of sp³-hybridized carbons (Fsp3) is 0. The fourth-order valence-corrected chi connectivity index (χ4v) is 9.95. The van der Waals surface area contributed by atoms with Crippen molar-refractivity contribution in [2.45, 2.75) is 0 Å². The van der Waals surface area contributed by atoms with Crippen LogP contribution < -0.4 is 4.90 Å². The third kappa shape index (κ3) is 7.43. The van der Waals surface area contributed by atoms with E-state index in [1.54, 1.807) is 0 Å². The number of hydrogen-bond acceptors (Lipinski definition) is 4. The standard InChI is InChI=1S/C65H43N5/c1-4-17-49(18-5-1)63-66-64(50-19-6-2-7-20-50)68-65(67-63)70-61-42-53(46-29-27-45(28-30-46)52-32-31-44-15-10-11-21-51(44)41-52)35-39-59(61)60-40-38-56(43-62(60)70)69(54-23-8-3-9-24-54)55-36-33-48(34-37-55)58-26-14-22-47-16-12-13-25-57(47)58/h1-43H. The smallest absolute Gasteiger partial charge is 0.238 e. The number of benzene rings is 11. The van der Waals surface area contributed by atoms with Gasteiger partial charge in [0.2, 0.25) is 5.95 Å². The highest BCUT2D eigenvalue weighted by Crippen LogP contribution is 2.42. The summed E-state index contributed by atoms with van der Waals surface area (Å²) in [6.07, 6.45) is 0. The van der Waals surface area contributed by atoms with Gasteiger partial charge in [-0.25, -0.2) is 4.98 Å². The van der Waals surface area contributed by atoms with Gasteiger partial charge in [-0.3, -0.25) is 4.57 Å². The molecule has 2 aromatic heterocycles. The Labute approximate surface area is 405 Å². The number of anilines is 3. The van der Waals surface area contributed by atoms with Gasteiger partial charge < -0.3 is 4.90 Å². The molecule has 0 aliphatic heterocycles. The van der Waals surface area contributed by atoms with Gasteiger partial charge >= 0.3 is 0 Å². The van der Waals surface area contributed by atoms with Crippen molar-refractivity contribution in [1.29, 1.82) is 0 Å². The first-order chi connectivity index (χ1) is 34.7. The van der Waals surface area contributed by atoms with Crippen molar-refractivity contribution in [3.05, 3.63) is 261 Å². The average molecular weight is 894 g/mol. The summed E-state index contributed by atoms with van der Waals surface area (Å²) >= 11 is 0. The van der Waals surface area contributed by atoms with Crippen molar-refractivity contribution in [2.24, 2.45) is 0 Å². The molecule has 13 aromatic rings. The molecule has 0 amide bonds. The van der Waals surface area contributed by atoms with Gasteiger partial charge in [-0.2, -0.15) is 9.97 Å². The lowest BCUT2D eigenvalue weighted by atomic mass is 9.98. The summed E-state index contributed by atoms with van der Waals surface area (Å²) in [4.78, 5) is 18.1. The molecule has 5 heteroatoms. The molecule has 11 aromatic carbocycles. The molecule has 0 saturated carbocycles. The molecule has 328 valence electrons. The van der Waals surface area contributed by atoms with E-state index in [0.717, 1.165) is 61.1 Å². The largest absolute Gasteiger partial charge is 0.310 e. The van der Waals surface area contributed by atoms with Crippen LogP contribution in [0.25, 0.3) is 105 Å². The Morgan fingerprint density at radius 2 is 0.757 bits per heavy atom. The number of fused-ring (bicyclic) bond motifs is 5. The Hall–Kier alpha value is -9.45. The van der Waals surface area contributed by atoms with Crippen molar-refractivity contribution >= 4 is 60.4 Å². The molecule has 0 radical (unpaired) electrons. The highest BCUT2D eigenvalue weighted by Gasteiger charge is 2.21. The van der Waals surface area contributed by atoms with Gasteiger partial charge in [0, 0.05) is 39.0 Å². The third-order valence-electron chi connectivity index (χ3n) is 13.4. The summed E-state index contributed by atoms with van der Waals surface area (Å²) in [6, 6.07) is 92.6. The Morgan fingerprint density at radius 1 is 0.271 bits per heavy atom. The zero-order chi connectivity index (χ0) is 46.4. The van der Waals surface area contributed by atoms with Crippen LogP contribution in [0, 0.1) is 0 Å². The minimum Gasteiger partial charge on any atom is -0.310 e. The molecule has 0 spiro atoms. The van der Waals surface area contributed by atoms with Crippen LogP contribution in [0.1, 0.15) is 0 Å². The normalized spacial score (nSPS) is 11.4. The maximum atomic E-state index is 5.32. The summed E-state index contributed by atoms with van der Waals surface area (Å²) in [5, 5.41) is 7.14. The molecule has 2 heterocycles. The van der Waals surface area contributed by atoms with Crippen LogP contribution in [-0.2, 0) is 0 Å². The van der Waals surface area contributed by atoms with Crippen LogP contribution in [-0.4, -0.2) is 19.5 Å². The number of nitrogens with zero attached hydrogens (tertiary/aromatic N) is 5. The molecule has 0 unspecified atom stereocenters. The predicted molar refractivity (Wildman–Crippen MR) is 291 cm³/mol. The first kappa shape index (κ1) is 40.8. The van der Waals surface area contributed by atoms with E-state index in [0.29, 0.717) is 17.6 Å². The molecule has 0 saturated heterocycles. The number of aromatic nitrogens is 4. The van der Waals surface area contributed by atoms with E-state index < -0.39 is 0 Å². The van der Waals surface area contributed by atoms with Crippen molar-refractivity contribution < 1.29 is 0 Å². The Balaban J connectivity index is 0.996. The SMILES string of the molecule is c1ccc(-c2nc(-c3ccccc3)nc(-n3c4cc(-c5ccc(-c6ccc7ccccc7c6)cc5)ccc4c4ccc(N(c5ccccc5)c5ccc(-c6cccc7ccccc67)cc5)cc43)n2)cc1. The molecule has 5 nitrogen and oxygen atoms in total. The second kappa shape index (κ2) is 17.3. The highest BCUT2D eigenvalue weighted by atomic mass is 15.2. The van der Waals surface area contributed by atoms with Gasteiger partial charge in [0.05, 0.1) is 11.0 Å². The van der Waals surface area contributed by atoms with E-state index in [1.807, 2.05) is 36.4 Å². The van der Waals surface area contributed by atoms with Gasteiger partial charge in [0.25, 0.3) is 0 Å². The lowest BCUT2D eigenvalue weighted by Crippen LogP contribution is -2.10. The van der Waals surface area contributed by atoms with Crippen molar-refractivity contribution in [2.75, 3.05) is 4.90 Å². The summed E-state index contributed by atoms with van der Waals surface area (Å²) < 4.78 is 2.23. The topological polar surface area (TPSA) is 46.8 Å². The van der Waals surface area contributed by atoms with E-state index in [9.17, 15) is 0 Å². The molecule has 0 fully saturated rings. The monoisotopic (exact) mass is 893 g/mol. The molecular weight excluding hydrogens is 851 g/mol. The predicted octanol–water partition coefficient (Wildman–Crippen LogP) is 17.1. The van der Waals surface area contributed by atoms with Crippen LogP contribution in [0.4, 0.5) is 17.1 Å². The quantitative estimate of drug-likeness (QED) is 0.145. The summed E-state index contributed by atoms with van der Waals surface area (Å²) in [7, 11) is 0. The minimum atomic E-state index is 0.541. The van der Waals surface area contributed by atoms with Gasteiger partial charge in [0.15, 0.2) is 11.6 Å². The van der Waals surface area contributed by atoms with Crippen LogP contribution >= 0.6 is 0 Å². The van der Waals surface area contributed by atoms with Gasteiger partial charge in [-0.1, -0.05) is 212 Å². The van der Waals surface area contributed by atoms with Gasteiger partial charge in [0.1, 0.15) is 0 Å². The molecule has 0 aliphatic rings. The second-order valence-electron chi connectivity index (χ2n) is 17.7. The van der Waals surface area contributed by atoms with Crippen molar-refractivity contribution in [1.82, 2.24) is 19.5 Å². The number of rotatable bonds is 9. The lowest BCUT2D eigenvalue weighted by Gasteiger charge is -2.26. The maximum absolute atomic E-state index is 5.32. The molecular formula is C65H43N5. The first-order valence-corrected chi connectivity index (χ1v) is 23.7. The summed E-state index contributed by atoms with van der Waals surface area (Å²) in [5.74, 6) is 1.75. The van der Waals surface area contributed by atoms with E-state index >= 15 is 0 Å². The Bertz CT molecular complexity index is 3970. The van der Waals surface area contributed by atoms with Crippen LogP contribution in [0.5, 0.6) is 0 Å². The zero-order valence-electron chi connectivity index (χ0n) is 38.1. The molecule has 13 rings (SSSR count). The fourth-order valence-electron chi connectivity index (χ4n) is 9.95. The third-order valence-corrected chi connectivity index (χ3v) is 13.4. The van der Waals surface area contributed by atoms with Gasteiger partial charge in [-0.15, -0.1) is 0 Å². The van der Waals surface area contributed by atoms with Crippen LogP contribution in [0.15, 0.2) is 261 Å². The van der Waals surface area contributed by atoms with Crippen molar-refractivity contribution in [3.63, 3.8) is 0 Å². The first-order valence-electron chi connectivity index (χ1n) is 23.7. The molecule has 0 bridgehead atoms. The summed E-state index contributed by atoms with van der Waals surface area (Å²) in [6.45, 7) is 0. The number of para-hydroxylation sites is 1. The molecule has 0 N–H and O–H groups in total. The molecule has 0 atom stereocenters. The van der Waals surface area contributed by atoms with Gasteiger partial charge in [-0.05, 0) is 103 Å². The minimum absolute atomic E-state index is 0.541. The average Bonchev–Trinajstić information content (AvgIpc) is 3.77. The number of hydrogen-bond donors (Lipinski definition) is 0. The molecule has 70 heavy (non-hydrogen) atoms. The summed E-state index contributed by atoms with van der Waals surface area (Å²) in [5.41, 5.74) is 13.9. The highest BCUT2D eigenvalue weighted by molar-refractivity contribution is 6.11. The second-order valence-corrected chi connectivity index (χ2v) is 17.7. The van der Waals surface area contributed by atoms with Crippen LogP contribution in [0.3, 0.4) is 0 Å².